The predicted molar refractivity (Wildman–Crippen MR) is 96.4 cm³/mol. The molecule has 2 heterocycles. The fourth-order valence-electron chi connectivity index (χ4n) is 4.25. The van der Waals surface area contributed by atoms with Gasteiger partial charge in [-0.05, 0) is 31.0 Å². The average Bonchev–Trinajstić information content (AvgIpc) is 3.00. The maximum Gasteiger partial charge on any atom is 0.248 e. The number of carbonyl (C=O) groups is 2. The highest BCUT2D eigenvalue weighted by molar-refractivity contribution is 5.92. The lowest BCUT2D eigenvalue weighted by molar-refractivity contribution is -0.132. The number of ether oxygens (including phenoxy) is 1. The average molecular weight is 342 g/mol. The number of hydrogen-bond donors (Lipinski definition) is 0. The van der Waals surface area contributed by atoms with E-state index in [1.807, 2.05) is 21.9 Å². The highest BCUT2D eigenvalue weighted by Crippen LogP contribution is 2.42. The lowest BCUT2D eigenvalue weighted by Crippen LogP contribution is -2.49. The molecule has 0 spiro atoms. The van der Waals surface area contributed by atoms with E-state index >= 15 is 0 Å². The van der Waals surface area contributed by atoms with Crippen LogP contribution in [0, 0.1) is 5.92 Å². The zero-order valence-electron chi connectivity index (χ0n) is 15.2. The van der Waals surface area contributed by atoms with Crippen molar-refractivity contribution in [3.8, 4) is 5.75 Å². The molecule has 5 heteroatoms. The Kier molecular flexibility index (Phi) is 4.84. The molecule has 2 aliphatic heterocycles. The number of benzene rings is 1. The number of methoxy groups -OCH3 is 1. The minimum Gasteiger partial charge on any atom is -0.497 e. The van der Waals surface area contributed by atoms with Gasteiger partial charge in [0.05, 0.1) is 7.11 Å². The van der Waals surface area contributed by atoms with E-state index in [0.717, 1.165) is 12.2 Å². The fourth-order valence-corrected chi connectivity index (χ4v) is 4.25. The Hall–Kier alpha value is -2.30. The second-order valence-corrected chi connectivity index (χ2v) is 7.10. The lowest BCUT2D eigenvalue weighted by atomic mass is 9.81. The van der Waals surface area contributed by atoms with Crippen LogP contribution in [0.25, 0.3) is 0 Å². The van der Waals surface area contributed by atoms with Crippen molar-refractivity contribution in [3.05, 3.63) is 42.0 Å². The Morgan fingerprint density at radius 2 is 1.84 bits per heavy atom. The Labute approximate surface area is 149 Å². The van der Waals surface area contributed by atoms with E-state index in [0.29, 0.717) is 25.2 Å². The van der Waals surface area contributed by atoms with Gasteiger partial charge in [0.2, 0.25) is 11.8 Å². The first-order chi connectivity index (χ1) is 11.9. The third-order valence-electron chi connectivity index (χ3n) is 5.53. The number of hydrogen-bond acceptors (Lipinski definition) is 3. The van der Waals surface area contributed by atoms with Crippen molar-refractivity contribution in [3.63, 3.8) is 0 Å². The zero-order chi connectivity index (χ0) is 18.1. The van der Waals surface area contributed by atoms with E-state index in [9.17, 15) is 9.59 Å². The molecule has 5 nitrogen and oxygen atoms in total. The molecule has 134 valence electrons. The number of rotatable bonds is 3. The predicted octanol–water partition coefficient (Wildman–Crippen LogP) is 2.43. The van der Waals surface area contributed by atoms with Gasteiger partial charge in [-0.1, -0.05) is 18.7 Å². The maximum absolute atomic E-state index is 12.4. The molecule has 2 aliphatic rings. The Morgan fingerprint density at radius 3 is 2.40 bits per heavy atom. The van der Waals surface area contributed by atoms with Crippen LogP contribution < -0.4 is 4.74 Å². The fraction of sp³-hybridized carbons (Fsp3) is 0.500. The van der Waals surface area contributed by atoms with E-state index in [-0.39, 0.29) is 29.7 Å². The molecule has 0 bridgehead atoms. The van der Waals surface area contributed by atoms with Gasteiger partial charge >= 0.3 is 0 Å². The largest absolute Gasteiger partial charge is 0.497 e. The lowest BCUT2D eigenvalue weighted by Gasteiger charge is -2.39. The Morgan fingerprint density at radius 1 is 1.16 bits per heavy atom. The number of piperidine rings is 1. The molecule has 0 unspecified atom stereocenters. The van der Waals surface area contributed by atoms with Crippen molar-refractivity contribution in [2.75, 3.05) is 26.7 Å². The molecule has 0 aliphatic carbocycles. The van der Waals surface area contributed by atoms with Gasteiger partial charge in [-0.25, -0.2) is 0 Å². The summed E-state index contributed by atoms with van der Waals surface area (Å²) >= 11 is 0. The Bertz CT molecular complexity index is 683. The van der Waals surface area contributed by atoms with Gasteiger partial charge < -0.3 is 14.5 Å². The third kappa shape index (κ3) is 3.28. The molecule has 2 amide bonds. The van der Waals surface area contributed by atoms with Crippen molar-refractivity contribution in [2.45, 2.75) is 32.2 Å². The summed E-state index contributed by atoms with van der Waals surface area (Å²) in [5.74, 6) is 1.46. The van der Waals surface area contributed by atoms with E-state index in [2.05, 4.69) is 18.7 Å². The molecule has 3 rings (SSSR count). The first-order valence-corrected chi connectivity index (χ1v) is 8.78. The standard InChI is InChI=1S/C20H26N2O3/c1-13(2)20(24)21-10-9-19-18(11-21)17(12-22(19)14(3)23)15-5-7-16(25-4)8-6-15/h5-8,17-19H,1,9-12H2,2-4H3/t17-,18-,19-/m1/s1. The van der Waals surface area contributed by atoms with Crippen molar-refractivity contribution in [2.24, 2.45) is 5.92 Å². The topological polar surface area (TPSA) is 49.9 Å². The molecular weight excluding hydrogens is 316 g/mol. The summed E-state index contributed by atoms with van der Waals surface area (Å²) in [6.07, 6.45) is 0.829. The zero-order valence-corrected chi connectivity index (χ0v) is 15.2. The number of nitrogens with zero attached hydrogens (tertiary/aromatic N) is 2. The van der Waals surface area contributed by atoms with E-state index in [4.69, 9.17) is 4.74 Å². The summed E-state index contributed by atoms with van der Waals surface area (Å²) in [6.45, 7) is 9.26. The SMILES string of the molecule is C=C(C)C(=O)N1CC[C@@H]2[C@H](C1)[C@@H](c1ccc(OC)cc1)CN2C(C)=O. The highest BCUT2D eigenvalue weighted by Gasteiger charge is 2.46. The van der Waals surface area contributed by atoms with Crippen LogP contribution in [0.1, 0.15) is 31.7 Å². The van der Waals surface area contributed by atoms with Crippen LogP contribution in [-0.2, 0) is 9.59 Å². The van der Waals surface area contributed by atoms with Crippen LogP contribution in [-0.4, -0.2) is 54.4 Å². The Balaban J connectivity index is 1.87. The van der Waals surface area contributed by atoms with Crippen LogP contribution in [0.3, 0.4) is 0 Å². The molecule has 0 radical (unpaired) electrons. The van der Waals surface area contributed by atoms with Crippen LogP contribution in [0.4, 0.5) is 0 Å². The normalized spacial score (nSPS) is 25.5. The molecule has 0 saturated carbocycles. The second-order valence-electron chi connectivity index (χ2n) is 7.10. The van der Waals surface area contributed by atoms with Gasteiger partial charge in [0.25, 0.3) is 0 Å². The molecular formula is C20H26N2O3. The van der Waals surface area contributed by atoms with E-state index < -0.39 is 0 Å². The molecule has 25 heavy (non-hydrogen) atoms. The summed E-state index contributed by atoms with van der Waals surface area (Å²) in [5.41, 5.74) is 1.77. The monoisotopic (exact) mass is 342 g/mol. The molecule has 1 aromatic carbocycles. The smallest absolute Gasteiger partial charge is 0.248 e. The van der Waals surface area contributed by atoms with Crippen LogP contribution >= 0.6 is 0 Å². The summed E-state index contributed by atoms with van der Waals surface area (Å²) < 4.78 is 5.25. The molecule has 1 aromatic rings. The van der Waals surface area contributed by atoms with Gasteiger partial charge in [-0.2, -0.15) is 0 Å². The minimum atomic E-state index is 0.0215. The van der Waals surface area contributed by atoms with Gasteiger partial charge in [0, 0.05) is 50.0 Å². The van der Waals surface area contributed by atoms with Crippen LogP contribution in [0.15, 0.2) is 36.4 Å². The van der Waals surface area contributed by atoms with Crippen molar-refractivity contribution >= 4 is 11.8 Å². The first-order valence-electron chi connectivity index (χ1n) is 8.78. The van der Waals surface area contributed by atoms with Crippen molar-refractivity contribution in [1.29, 1.82) is 0 Å². The third-order valence-corrected chi connectivity index (χ3v) is 5.53. The number of carbonyl (C=O) groups excluding carboxylic acids is 2. The van der Waals surface area contributed by atoms with Crippen LogP contribution in [0.2, 0.25) is 0 Å². The minimum absolute atomic E-state index is 0.0215. The summed E-state index contributed by atoms with van der Waals surface area (Å²) in [6, 6.07) is 8.27. The quantitative estimate of drug-likeness (QED) is 0.793. The van der Waals surface area contributed by atoms with Gasteiger partial charge in [0.1, 0.15) is 5.75 Å². The number of amides is 2. The number of likely N-dealkylation sites (tertiary alicyclic amines) is 2. The number of fused-ring (bicyclic) bond motifs is 1. The summed E-state index contributed by atoms with van der Waals surface area (Å²) in [4.78, 5) is 28.4. The summed E-state index contributed by atoms with van der Waals surface area (Å²) in [5, 5.41) is 0. The van der Waals surface area contributed by atoms with Gasteiger partial charge in [-0.3, -0.25) is 9.59 Å². The molecule has 3 atom stereocenters. The first kappa shape index (κ1) is 17.5. The molecule has 2 fully saturated rings. The molecule has 0 aromatic heterocycles. The summed E-state index contributed by atoms with van der Waals surface area (Å²) in [7, 11) is 1.65. The second kappa shape index (κ2) is 6.90. The highest BCUT2D eigenvalue weighted by atomic mass is 16.5. The van der Waals surface area contributed by atoms with E-state index in [1.165, 1.54) is 5.56 Å². The maximum atomic E-state index is 12.4. The van der Waals surface area contributed by atoms with Gasteiger partial charge in [0.15, 0.2) is 0 Å². The molecule has 0 N–H and O–H groups in total. The van der Waals surface area contributed by atoms with Crippen molar-refractivity contribution < 1.29 is 14.3 Å². The molecule has 2 saturated heterocycles. The van der Waals surface area contributed by atoms with Gasteiger partial charge in [-0.15, -0.1) is 0 Å². The van der Waals surface area contributed by atoms with Crippen LogP contribution in [0.5, 0.6) is 5.75 Å². The van der Waals surface area contributed by atoms with Crippen molar-refractivity contribution in [1.82, 2.24) is 9.80 Å². The van der Waals surface area contributed by atoms with E-state index in [1.54, 1.807) is 21.0 Å².